The largest absolute Gasteiger partial charge is 0.479 e. The summed E-state index contributed by atoms with van der Waals surface area (Å²) in [5.74, 6) is -0.841. The van der Waals surface area contributed by atoms with Crippen LogP contribution in [0.25, 0.3) is 0 Å². The van der Waals surface area contributed by atoms with Gasteiger partial charge in [0.15, 0.2) is 0 Å². The number of nitro benzene ring substituents is 1. The fourth-order valence-corrected chi connectivity index (χ4v) is 2.41. The molecule has 1 N–H and O–H groups in total. The zero-order valence-corrected chi connectivity index (χ0v) is 13.6. The predicted molar refractivity (Wildman–Crippen MR) is 93.3 cm³/mol. The Bertz CT molecular complexity index is 964. The van der Waals surface area contributed by atoms with Crippen molar-refractivity contribution in [2.75, 3.05) is 0 Å². The van der Waals surface area contributed by atoms with Crippen LogP contribution in [0.1, 0.15) is 16.7 Å². The number of ether oxygens (including phenoxy) is 1. The van der Waals surface area contributed by atoms with Crippen LogP contribution in [0.3, 0.4) is 0 Å². The average molecular weight is 353 g/mol. The van der Waals surface area contributed by atoms with E-state index in [1.165, 1.54) is 12.1 Å². The number of non-ortho nitro benzene ring substituents is 1. The van der Waals surface area contributed by atoms with Crippen molar-refractivity contribution in [2.45, 2.75) is 13.0 Å². The van der Waals surface area contributed by atoms with Crippen molar-refractivity contribution in [3.05, 3.63) is 97.9 Å². The van der Waals surface area contributed by atoms with E-state index < -0.39 is 16.3 Å². The van der Waals surface area contributed by atoms with Gasteiger partial charge in [-0.05, 0) is 11.1 Å². The highest BCUT2D eigenvalue weighted by molar-refractivity contribution is 5.38. The Kier molecular flexibility index (Phi) is 4.98. The highest BCUT2D eigenvalue weighted by Gasteiger charge is 2.16. The van der Waals surface area contributed by atoms with E-state index in [9.17, 15) is 20.0 Å². The van der Waals surface area contributed by atoms with Gasteiger partial charge in [0.2, 0.25) is 11.2 Å². The molecule has 0 aliphatic rings. The van der Waals surface area contributed by atoms with E-state index in [0.29, 0.717) is 5.56 Å². The molecule has 0 radical (unpaired) electrons. The van der Waals surface area contributed by atoms with Gasteiger partial charge in [0.25, 0.3) is 5.69 Å². The fourth-order valence-electron chi connectivity index (χ4n) is 2.41. The monoisotopic (exact) mass is 353 g/mol. The lowest BCUT2D eigenvalue weighted by Crippen LogP contribution is -2.13. The van der Waals surface area contributed by atoms with E-state index in [0.717, 1.165) is 11.8 Å². The summed E-state index contributed by atoms with van der Waals surface area (Å²) >= 11 is 0. The highest BCUT2D eigenvalue weighted by Crippen LogP contribution is 2.24. The van der Waals surface area contributed by atoms with Crippen molar-refractivity contribution in [3.8, 4) is 11.7 Å². The minimum atomic E-state index is -0.585. The third kappa shape index (κ3) is 3.89. The van der Waals surface area contributed by atoms with Crippen LogP contribution in [0.15, 0.2) is 70.1 Å². The quantitative estimate of drug-likeness (QED) is 0.538. The second kappa shape index (κ2) is 7.52. The molecule has 0 amide bonds. The van der Waals surface area contributed by atoms with Crippen LogP contribution in [-0.4, -0.2) is 10.0 Å². The van der Waals surface area contributed by atoms with Crippen molar-refractivity contribution in [2.24, 2.45) is 0 Å². The smallest absolute Gasteiger partial charge is 0.330 e. The van der Waals surface area contributed by atoms with Crippen molar-refractivity contribution < 1.29 is 19.2 Å². The molecule has 1 heterocycles. The molecule has 0 fully saturated rings. The Hall–Kier alpha value is -3.61. The Labute approximate surface area is 148 Å². The number of aromatic hydroxyl groups is 1. The molecule has 0 spiro atoms. The number of rotatable bonds is 6. The molecule has 0 saturated carbocycles. The normalized spacial score (nSPS) is 10.5. The van der Waals surface area contributed by atoms with E-state index in [2.05, 4.69) is 0 Å². The van der Waals surface area contributed by atoms with Crippen molar-refractivity contribution in [1.29, 1.82) is 0 Å². The minimum absolute atomic E-state index is 0.0293. The first-order valence-corrected chi connectivity index (χ1v) is 7.78. The standard InChI is InChI=1S/C19H15NO6/c21-17-15(10-13-6-8-16(9-7-13)20(23)24)12-26-19(22)18(17)25-11-14-4-2-1-3-5-14/h1-9,12,22H,10-11H2. The molecule has 7 nitrogen and oxygen atoms in total. The van der Waals surface area contributed by atoms with E-state index >= 15 is 0 Å². The summed E-state index contributed by atoms with van der Waals surface area (Å²) in [6.07, 6.45) is 1.36. The summed E-state index contributed by atoms with van der Waals surface area (Å²) < 4.78 is 10.5. The first-order valence-electron chi connectivity index (χ1n) is 7.78. The zero-order chi connectivity index (χ0) is 18.5. The summed E-state index contributed by atoms with van der Waals surface area (Å²) in [5, 5.41) is 20.5. The lowest BCUT2D eigenvalue weighted by atomic mass is 10.1. The Morgan fingerprint density at radius 1 is 1.04 bits per heavy atom. The molecule has 0 aliphatic carbocycles. The Morgan fingerprint density at radius 3 is 2.38 bits per heavy atom. The Balaban J connectivity index is 1.80. The summed E-state index contributed by atoms with van der Waals surface area (Å²) in [6.45, 7) is 0.111. The topological polar surface area (TPSA) is 103 Å². The molecular weight excluding hydrogens is 338 g/mol. The van der Waals surface area contributed by atoms with Gasteiger partial charge in [-0.15, -0.1) is 0 Å². The molecule has 1 aromatic heterocycles. The van der Waals surface area contributed by atoms with Gasteiger partial charge >= 0.3 is 5.95 Å². The predicted octanol–water partition coefficient (Wildman–Crippen LogP) is 3.42. The van der Waals surface area contributed by atoms with Crippen LogP contribution in [0.2, 0.25) is 0 Å². The van der Waals surface area contributed by atoms with Crippen molar-refractivity contribution in [1.82, 2.24) is 0 Å². The van der Waals surface area contributed by atoms with Crippen LogP contribution in [0.4, 0.5) is 5.69 Å². The molecule has 3 aromatic rings. The molecule has 0 bridgehead atoms. The van der Waals surface area contributed by atoms with Gasteiger partial charge in [-0.25, -0.2) is 0 Å². The molecule has 0 saturated heterocycles. The van der Waals surface area contributed by atoms with Crippen LogP contribution < -0.4 is 10.2 Å². The number of nitro groups is 1. The maximum absolute atomic E-state index is 12.5. The van der Waals surface area contributed by atoms with Crippen molar-refractivity contribution in [3.63, 3.8) is 0 Å². The highest BCUT2D eigenvalue weighted by atomic mass is 16.6. The fraction of sp³-hybridized carbons (Fsp3) is 0.105. The van der Waals surface area contributed by atoms with E-state index in [-0.39, 0.29) is 30.0 Å². The van der Waals surface area contributed by atoms with Gasteiger partial charge in [-0.2, -0.15) is 0 Å². The molecule has 3 rings (SSSR count). The van der Waals surface area contributed by atoms with E-state index in [1.54, 1.807) is 12.1 Å². The first kappa shape index (κ1) is 17.2. The number of nitrogens with zero attached hydrogens (tertiary/aromatic N) is 1. The summed E-state index contributed by atoms with van der Waals surface area (Å²) in [5.41, 5.74) is 1.30. The van der Waals surface area contributed by atoms with E-state index in [1.807, 2.05) is 30.3 Å². The molecule has 2 aromatic carbocycles. The number of hydrogen-bond acceptors (Lipinski definition) is 6. The summed E-state index contributed by atoms with van der Waals surface area (Å²) in [4.78, 5) is 22.7. The SMILES string of the molecule is O=c1c(Cc2ccc([N+](=O)[O-])cc2)coc(O)c1OCc1ccccc1. The van der Waals surface area contributed by atoms with Gasteiger partial charge in [0.1, 0.15) is 12.9 Å². The van der Waals surface area contributed by atoms with Crippen molar-refractivity contribution >= 4 is 5.69 Å². The molecule has 0 atom stereocenters. The molecule has 132 valence electrons. The minimum Gasteiger partial charge on any atom is -0.479 e. The van der Waals surface area contributed by atoms with Crippen LogP contribution >= 0.6 is 0 Å². The number of hydrogen-bond donors (Lipinski definition) is 1. The molecule has 7 heteroatoms. The third-order valence-electron chi connectivity index (χ3n) is 3.77. The second-order valence-corrected chi connectivity index (χ2v) is 5.60. The second-order valence-electron chi connectivity index (χ2n) is 5.60. The Morgan fingerprint density at radius 2 is 1.73 bits per heavy atom. The molecule has 26 heavy (non-hydrogen) atoms. The van der Waals surface area contributed by atoms with Crippen LogP contribution in [-0.2, 0) is 13.0 Å². The van der Waals surface area contributed by atoms with Gasteiger partial charge in [0, 0.05) is 24.1 Å². The van der Waals surface area contributed by atoms with E-state index in [4.69, 9.17) is 9.15 Å². The molecular formula is C19H15NO6. The lowest BCUT2D eigenvalue weighted by molar-refractivity contribution is -0.384. The maximum Gasteiger partial charge on any atom is 0.330 e. The summed E-state index contributed by atoms with van der Waals surface area (Å²) in [6, 6.07) is 15.1. The molecule has 0 unspecified atom stereocenters. The molecule has 0 aliphatic heterocycles. The van der Waals surface area contributed by atoms with Gasteiger partial charge < -0.3 is 14.3 Å². The van der Waals surface area contributed by atoms with Gasteiger partial charge in [0.05, 0.1) is 4.92 Å². The average Bonchev–Trinajstić information content (AvgIpc) is 2.65. The van der Waals surface area contributed by atoms with Crippen LogP contribution in [0.5, 0.6) is 11.7 Å². The third-order valence-corrected chi connectivity index (χ3v) is 3.77. The van der Waals surface area contributed by atoms with Gasteiger partial charge in [-0.3, -0.25) is 14.9 Å². The zero-order valence-electron chi connectivity index (χ0n) is 13.6. The van der Waals surface area contributed by atoms with Crippen LogP contribution in [0, 0.1) is 10.1 Å². The summed E-state index contributed by atoms with van der Waals surface area (Å²) in [7, 11) is 0. The van der Waals surface area contributed by atoms with Gasteiger partial charge in [-0.1, -0.05) is 42.5 Å². The first-order chi connectivity index (χ1) is 12.5. The lowest BCUT2D eigenvalue weighted by Gasteiger charge is -2.08. The maximum atomic E-state index is 12.5. The number of benzene rings is 2.